The average Bonchev–Trinajstić information content (AvgIpc) is 2.26. The molecule has 0 saturated carbocycles. The topological polar surface area (TPSA) is 47.9 Å². The molecule has 0 aliphatic carbocycles. The lowest BCUT2D eigenvalue weighted by atomic mass is 10.2. The van der Waals surface area contributed by atoms with E-state index in [2.05, 4.69) is 9.89 Å². The van der Waals surface area contributed by atoms with E-state index in [-0.39, 0.29) is 0 Å². The van der Waals surface area contributed by atoms with Crippen molar-refractivity contribution in [3.8, 4) is 0 Å². The highest BCUT2D eigenvalue weighted by atomic mass is 16.6. The summed E-state index contributed by atoms with van der Waals surface area (Å²) in [6.07, 6.45) is 1.02. The van der Waals surface area contributed by atoms with Crippen LogP contribution < -0.4 is 0 Å². The first-order chi connectivity index (χ1) is 7.33. The van der Waals surface area contributed by atoms with E-state index in [9.17, 15) is 4.79 Å². The van der Waals surface area contributed by atoms with Gasteiger partial charge in [0.1, 0.15) is 6.61 Å². The van der Waals surface area contributed by atoms with Gasteiger partial charge >= 0.3 is 5.97 Å². The SMILES string of the molecule is CCOC(=O)C=NOCc1ccccc1. The lowest BCUT2D eigenvalue weighted by molar-refractivity contribution is -0.134. The normalized spacial score (nSPS) is 10.2. The summed E-state index contributed by atoms with van der Waals surface area (Å²) in [4.78, 5) is 15.7. The van der Waals surface area contributed by atoms with E-state index in [4.69, 9.17) is 4.84 Å². The molecule has 1 rings (SSSR count). The molecule has 0 atom stereocenters. The Morgan fingerprint density at radius 3 is 2.80 bits per heavy atom. The van der Waals surface area contributed by atoms with Crippen molar-refractivity contribution in [2.24, 2.45) is 5.16 Å². The summed E-state index contributed by atoms with van der Waals surface area (Å²) in [6.45, 7) is 2.41. The zero-order chi connectivity index (χ0) is 10.9. The molecule has 0 radical (unpaired) electrons. The van der Waals surface area contributed by atoms with Crippen molar-refractivity contribution >= 4 is 12.2 Å². The van der Waals surface area contributed by atoms with Gasteiger partial charge in [-0.05, 0) is 12.5 Å². The number of esters is 1. The monoisotopic (exact) mass is 207 g/mol. The summed E-state index contributed by atoms with van der Waals surface area (Å²) in [6, 6.07) is 9.58. The number of hydrogen-bond acceptors (Lipinski definition) is 4. The molecular weight excluding hydrogens is 194 g/mol. The fraction of sp³-hybridized carbons (Fsp3) is 0.273. The van der Waals surface area contributed by atoms with Gasteiger partial charge in [0.15, 0.2) is 6.21 Å². The number of carbonyl (C=O) groups is 1. The second kappa shape index (κ2) is 6.59. The molecule has 0 heterocycles. The molecule has 4 nitrogen and oxygen atoms in total. The highest BCUT2D eigenvalue weighted by Gasteiger charge is 1.94. The van der Waals surface area contributed by atoms with Crippen molar-refractivity contribution < 1.29 is 14.4 Å². The number of benzene rings is 1. The minimum atomic E-state index is -0.495. The zero-order valence-electron chi connectivity index (χ0n) is 8.55. The standard InChI is InChI=1S/C11H13NO3/c1-2-14-11(13)8-12-15-9-10-6-4-3-5-7-10/h3-8H,2,9H2,1H3. The summed E-state index contributed by atoms with van der Waals surface area (Å²) in [5.41, 5.74) is 0.999. The first-order valence-electron chi connectivity index (χ1n) is 4.69. The predicted molar refractivity (Wildman–Crippen MR) is 56.4 cm³/mol. The molecule has 4 heteroatoms. The van der Waals surface area contributed by atoms with Gasteiger partial charge in [-0.2, -0.15) is 0 Å². The predicted octanol–water partition coefficient (Wildman–Crippen LogP) is 1.75. The molecule has 0 bridgehead atoms. The molecule has 0 aliphatic heterocycles. The molecule has 0 fully saturated rings. The lowest BCUT2D eigenvalue weighted by Crippen LogP contribution is -2.05. The molecule has 0 unspecified atom stereocenters. The number of ether oxygens (including phenoxy) is 1. The van der Waals surface area contributed by atoms with Gasteiger partial charge < -0.3 is 9.57 Å². The van der Waals surface area contributed by atoms with E-state index in [1.807, 2.05) is 30.3 Å². The van der Waals surface area contributed by atoms with E-state index in [0.717, 1.165) is 11.8 Å². The van der Waals surface area contributed by atoms with Crippen molar-refractivity contribution in [2.75, 3.05) is 6.61 Å². The van der Waals surface area contributed by atoms with Crippen LogP contribution in [0.15, 0.2) is 35.5 Å². The van der Waals surface area contributed by atoms with Gasteiger partial charge in [-0.1, -0.05) is 35.5 Å². The third-order valence-corrected chi connectivity index (χ3v) is 1.59. The summed E-state index contributed by atoms with van der Waals surface area (Å²) in [7, 11) is 0. The fourth-order valence-electron chi connectivity index (χ4n) is 0.946. The van der Waals surface area contributed by atoms with Crippen molar-refractivity contribution in [2.45, 2.75) is 13.5 Å². The molecule has 15 heavy (non-hydrogen) atoms. The van der Waals surface area contributed by atoms with Crippen LogP contribution in [0.25, 0.3) is 0 Å². The van der Waals surface area contributed by atoms with Crippen LogP contribution in [0.5, 0.6) is 0 Å². The van der Waals surface area contributed by atoms with Gasteiger partial charge in [0.25, 0.3) is 0 Å². The summed E-state index contributed by atoms with van der Waals surface area (Å²) < 4.78 is 4.63. The Balaban J connectivity index is 2.24. The Morgan fingerprint density at radius 1 is 1.40 bits per heavy atom. The lowest BCUT2D eigenvalue weighted by Gasteiger charge is -1.98. The Kier molecular flexibility index (Phi) is 4.94. The van der Waals surface area contributed by atoms with E-state index >= 15 is 0 Å². The summed E-state index contributed by atoms with van der Waals surface area (Å²) in [5, 5.41) is 3.49. The maximum Gasteiger partial charge on any atom is 0.352 e. The molecule has 0 spiro atoms. The Labute approximate surface area is 88.5 Å². The smallest absolute Gasteiger partial charge is 0.352 e. The molecule has 1 aromatic carbocycles. The Hall–Kier alpha value is -1.84. The van der Waals surface area contributed by atoms with Crippen LogP contribution in [0.4, 0.5) is 0 Å². The van der Waals surface area contributed by atoms with Crippen molar-refractivity contribution in [3.05, 3.63) is 35.9 Å². The van der Waals surface area contributed by atoms with Crippen LogP contribution >= 0.6 is 0 Å². The van der Waals surface area contributed by atoms with E-state index in [0.29, 0.717) is 13.2 Å². The number of rotatable bonds is 5. The molecule has 80 valence electrons. The summed E-state index contributed by atoms with van der Waals surface area (Å²) in [5.74, 6) is -0.495. The maximum absolute atomic E-state index is 10.8. The first-order valence-corrected chi connectivity index (χ1v) is 4.69. The van der Waals surface area contributed by atoms with Crippen LogP contribution in [-0.4, -0.2) is 18.8 Å². The van der Waals surface area contributed by atoms with Crippen molar-refractivity contribution in [1.29, 1.82) is 0 Å². The second-order valence-corrected chi connectivity index (χ2v) is 2.75. The number of carbonyl (C=O) groups excluding carboxylic acids is 1. The van der Waals surface area contributed by atoms with Crippen molar-refractivity contribution in [3.63, 3.8) is 0 Å². The van der Waals surface area contributed by atoms with Crippen LogP contribution in [0, 0.1) is 0 Å². The van der Waals surface area contributed by atoms with Gasteiger partial charge in [-0.15, -0.1) is 0 Å². The number of oxime groups is 1. The minimum Gasteiger partial charge on any atom is -0.462 e. The molecule has 0 aliphatic rings. The van der Waals surface area contributed by atoms with Gasteiger partial charge in [0, 0.05) is 0 Å². The third kappa shape index (κ3) is 4.81. The average molecular weight is 207 g/mol. The van der Waals surface area contributed by atoms with Gasteiger partial charge in [-0.25, -0.2) is 4.79 Å². The minimum absolute atomic E-state index is 0.337. The van der Waals surface area contributed by atoms with Crippen LogP contribution in [0.1, 0.15) is 12.5 Å². The van der Waals surface area contributed by atoms with Gasteiger partial charge in [0.2, 0.25) is 0 Å². The number of nitrogens with zero attached hydrogens (tertiary/aromatic N) is 1. The fourth-order valence-corrected chi connectivity index (χ4v) is 0.946. The van der Waals surface area contributed by atoms with Crippen LogP contribution in [0.3, 0.4) is 0 Å². The van der Waals surface area contributed by atoms with Crippen LogP contribution in [-0.2, 0) is 21.0 Å². The maximum atomic E-state index is 10.8. The second-order valence-electron chi connectivity index (χ2n) is 2.75. The third-order valence-electron chi connectivity index (χ3n) is 1.59. The quantitative estimate of drug-likeness (QED) is 0.420. The zero-order valence-corrected chi connectivity index (χ0v) is 8.55. The Bertz CT molecular complexity index is 322. The largest absolute Gasteiger partial charge is 0.462 e. The molecule has 0 aromatic heterocycles. The van der Waals surface area contributed by atoms with E-state index in [1.54, 1.807) is 6.92 Å². The van der Waals surface area contributed by atoms with Gasteiger partial charge in [-0.3, -0.25) is 0 Å². The molecule has 0 amide bonds. The highest BCUT2D eigenvalue weighted by molar-refractivity contribution is 6.22. The van der Waals surface area contributed by atoms with Crippen molar-refractivity contribution in [1.82, 2.24) is 0 Å². The molecular formula is C11H13NO3. The molecule has 1 aromatic rings. The van der Waals surface area contributed by atoms with E-state index in [1.165, 1.54) is 0 Å². The van der Waals surface area contributed by atoms with E-state index < -0.39 is 5.97 Å². The molecule has 0 N–H and O–H groups in total. The number of hydrogen-bond donors (Lipinski definition) is 0. The highest BCUT2D eigenvalue weighted by Crippen LogP contribution is 1.99. The Morgan fingerprint density at radius 2 is 2.13 bits per heavy atom. The first kappa shape index (κ1) is 11.2. The summed E-state index contributed by atoms with van der Waals surface area (Å²) >= 11 is 0. The van der Waals surface area contributed by atoms with Crippen LogP contribution in [0.2, 0.25) is 0 Å². The van der Waals surface area contributed by atoms with Gasteiger partial charge in [0.05, 0.1) is 6.61 Å². The molecule has 0 saturated heterocycles.